The lowest BCUT2D eigenvalue weighted by Crippen LogP contribution is -2.49. The Morgan fingerprint density at radius 3 is 2.31 bits per heavy atom. The van der Waals surface area contributed by atoms with Gasteiger partial charge in [0.05, 0.1) is 17.2 Å². The molecule has 196 valence electrons. The molecule has 2 heterocycles. The van der Waals surface area contributed by atoms with E-state index in [0.29, 0.717) is 24.0 Å². The Labute approximate surface area is 205 Å². The predicted octanol–water partition coefficient (Wildman–Crippen LogP) is 3.09. The third-order valence-electron chi connectivity index (χ3n) is 5.67. The van der Waals surface area contributed by atoms with Gasteiger partial charge in [0.25, 0.3) is 5.91 Å². The number of alkyl halides is 3. The summed E-state index contributed by atoms with van der Waals surface area (Å²) in [6.45, 7) is 6.15. The number of carbonyl (C=O) groups excluding carboxylic acids is 2. The second-order valence-corrected chi connectivity index (χ2v) is 9.35. The van der Waals surface area contributed by atoms with Crippen LogP contribution in [0.2, 0.25) is 0 Å². The Balaban J connectivity index is 1.56. The number of ether oxygens (including phenoxy) is 1. The SMILES string of the molecule is CC(C)(C)C(O)CNC(=O)Oc1ccc(N2CCN(C(=O)c3cc(F)ccc3C(F)(F)F)CC2)nn1. The highest BCUT2D eigenvalue weighted by Gasteiger charge is 2.37. The number of piperazine rings is 1. The molecular weight excluding hydrogens is 486 g/mol. The van der Waals surface area contributed by atoms with Crippen LogP contribution in [-0.2, 0) is 6.18 Å². The monoisotopic (exact) mass is 513 g/mol. The van der Waals surface area contributed by atoms with Crippen molar-refractivity contribution in [3.05, 3.63) is 47.3 Å². The van der Waals surface area contributed by atoms with Crippen LogP contribution in [0.25, 0.3) is 0 Å². The number of anilines is 1. The Morgan fingerprint density at radius 2 is 1.75 bits per heavy atom. The van der Waals surface area contributed by atoms with E-state index in [1.807, 2.05) is 20.8 Å². The van der Waals surface area contributed by atoms with E-state index < -0.39 is 46.6 Å². The fourth-order valence-corrected chi connectivity index (χ4v) is 3.40. The van der Waals surface area contributed by atoms with E-state index in [2.05, 4.69) is 15.5 Å². The summed E-state index contributed by atoms with van der Waals surface area (Å²) in [4.78, 5) is 27.6. The van der Waals surface area contributed by atoms with Crippen molar-refractivity contribution in [1.29, 1.82) is 0 Å². The highest BCUT2D eigenvalue weighted by molar-refractivity contribution is 5.96. The molecule has 3 rings (SSSR count). The number of aliphatic hydroxyl groups is 1. The Bertz CT molecular complexity index is 1080. The third kappa shape index (κ3) is 6.80. The molecule has 0 aliphatic carbocycles. The van der Waals surface area contributed by atoms with Gasteiger partial charge in [-0.1, -0.05) is 20.8 Å². The van der Waals surface area contributed by atoms with Gasteiger partial charge in [-0.2, -0.15) is 13.2 Å². The van der Waals surface area contributed by atoms with Gasteiger partial charge in [0, 0.05) is 38.8 Å². The minimum absolute atomic E-state index is 0.00305. The molecule has 13 heteroatoms. The average Bonchev–Trinajstić information content (AvgIpc) is 2.81. The molecule has 1 aromatic heterocycles. The molecule has 1 saturated heterocycles. The maximum Gasteiger partial charge on any atom is 0.417 e. The lowest BCUT2D eigenvalue weighted by molar-refractivity contribution is -0.138. The molecule has 1 unspecified atom stereocenters. The number of aliphatic hydroxyl groups excluding tert-OH is 1. The van der Waals surface area contributed by atoms with Crippen LogP contribution in [0.1, 0.15) is 36.7 Å². The number of rotatable bonds is 5. The summed E-state index contributed by atoms with van der Waals surface area (Å²) in [6, 6.07) is 4.79. The van der Waals surface area contributed by atoms with Crippen LogP contribution in [0.4, 0.5) is 28.2 Å². The van der Waals surface area contributed by atoms with Gasteiger partial charge in [-0.25, -0.2) is 9.18 Å². The van der Waals surface area contributed by atoms with E-state index in [0.717, 1.165) is 0 Å². The number of hydrogen-bond donors (Lipinski definition) is 2. The lowest BCUT2D eigenvalue weighted by Gasteiger charge is -2.35. The van der Waals surface area contributed by atoms with E-state index in [4.69, 9.17) is 4.74 Å². The molecule has 2 amide bonds. The second kappa shape index (κ2) is 10.6. The Kier molecular flexibility index (Phi) is 8.02. The second-order valence-electron chi connectivity index (χ2n) is 9.35. The predicted molar refractivity (Wildman–Crippen MR) is 121 cm³/mol. The van der Waals surface area contributed by atoms with Gasteiger partial charge in [-0.05, 0) is 29.7 Å². The van der Waals surface area contributed by atoms with Crippen molar-refractivity contribution in [3.8, 4) is 5.88 Å². The topological polar surface area (TPSA) is 108 Å². The van der Waals surface area contributed by atoms with Crippen molar-refractivity contribution in [2.24, 2.45) is 5.41 Å². The van der Waals surface area contributed by atoms with Crippen molar-refractivity contribution < 1.29 is 37.0 Å². The van der Waals surface area contributed by atoms with Crippen LogP contribution in [-0.4, -0.2) is 71.0 Å². The van der Waals surface area contributed by atoms with Gasteiger partial charge in [0.2, 0.25) is 5.88 Å². The molecule has 0 spiro atoms. The summed E-state index contributed by atoms with van der Waals surface area (Å²) < 4.78 is 58.4. The molecule has 2 aromatic rings. The molecule has 1 aromatic carbocycles. The van der Waals surface area contributed by atoms with E-state index in [-0.39, 0.29) is 38.6 Å². The molecule has 0 saturated carbocycles. The summed E-state index contributed by atoms with van der Waals surface area (Å²) in [5.74, 6) is -1.48. The first-order valence-electron chi connectivity index (χ1n) is 11.1. The van der Waals surface area contributed by atoms with Gasteiger partial charge in [0.15, 0.2) is 5.82 Å². The van der Waals surface area contributed by atoms with Crippen LogP contribution < -0.4 is 15.0 Å². The Morgan fingerprint density at radius 1 is 1.08 bits per heavy atom. The maximum atomic E-state index is 13.6. The Hall–Kier alpha value is -3.48. The molecule has 1 aliphatic heterocycles. The number of nitrogens with one attached hydrogen (secondary N) is 1. The summed E-state index contributed by atoms with van der Waals surface area (Å²) >= 11 is 0. The summed E-state index contributed by atoms with van der Waals surface area (Å²) in [5, 5.41) is 20.2. The van der Waals surface area contributed by atoms with Gasteiger partial charge in [0.1, 0.15) is 5.82 Å². The largest absolute Gasteiger partial charge is 0.417 e. The lowest BCUT2D eigenvalue weighted by atomic mass is 9.89. The van der Waals surface area contributed by atoms with Crippen molar-refractivity contribution in [3.63, 3.8) is 0 Å². The number of halogens is 4. The highest BCUT2D eigenvalue weighted by Crippen LogP contribution is 2.33. The number of benzene rings is 1. The van der Waals surface area contributed by atoms with E-state index in [1.165, 1.54) is 11.0 Å². The summed E-state index contributed by atoms with van der Waals surface area (Å²) in [5.41, 5.74) is -2.33. The first-order chi connectivity index (χ1) is 16.8. The van der Waals surface area contributed by atoms with Crippen molar-refractivity contribution in [2.45, 2.75) is 33.1 Å². The first kappa shape index (κ1) is 27.1. The zero-order valence-corrected chi connectivity index (χ0v) is 20.0. The zero-order chi connectivity index (χ0) is 26.7. The molecule has 1 atom stereocenters. The number of nitrogens with zero attached hydrogens (tertiary/aromatic N) is 4. The van der Waals surface area contributed by atoms with Crippen molar-refractivity contribution in [1.82, 2.24) is 20.4 Å². The fourth-order valence-electron chi connectivity index (χ4n) is 3.40. The normalized spacial score (nSPS) is 15.4. The van der Waals surface area contributed by atoms with E-state index in [9.17, 15) is 32.3 Å². The molecule has 1 aliphatic rings. The van der Waals surface area contributed by atoms with Crippen LogP contribution in [0.5, 0.6) is 5.88 Å². The molecule has 9 nitrogen and oxygen atoms in total. The molecule has 36 heavy (non-hydrogen) atoms. The standard InChI is InChI=1S/C23H27F4N5O4/c1-22(2,3)17(33)13-28-21(35)36-19-7-6-18(29-30-19)31-8-10-32(11-9-31)20(34)15-12-14(24)4-5-16(15)23(25,26)27/h4-7,12,17,33H,8-11,13H2,1-3H3,(H,28,35). The molecule has 0 radical (unpaired) electrons. The molecule has 1 fully saturated rings. The fraction of sp³-hybridized carbons (Fsp3) is 0.478. The van der Waals surface area contributed by atoms with Gasteiger partial charge in [-0.15, -0.1) is 10.2 Å². The van der Waals surface area contributed by atoms with Crippen LogP contribution in [0.15, 0.2) is 30.3 Å². The molecule has 0 bridgehead atoms. The van der Waals surface area contributed by atoms with Gasteiger partial charge >= 0.3 is 12.3 Å². The van der Waals surface area contributed by atoms with Crippen LogP contribution in [0, 0.1) is 11.2 Å². The van der Waals surface area contributed by atoms with Gasteiger partial charge in [-0.3, -0.25) is 4.79 Å². The minimum Gasteiger partial charge on any atom is -0.391 e. The average molecular weight is 513 g/mol. The van der Waals surface area contributed by atoms with Crippen LogP contribution in [0.3, 0.4) is 0 Å². The number of aromatic nitrogens is 2. The minimum atomic E-state index is -4.79. The van der Waals surface area contributed by atoms with E-state index in [1.54, 1.807) is 11.0 Å². The zero-order valence-electron chi connectivity index (χ0n) is 20.0. The maximum absolute atomic E-state index is 13.6. The smallest absolute Gasteiger partial charge is 0.391 e. The highest BCUT2D eigenvalue weighted by atomic mass is 19.4. The number of carbonyl (C=O) groups is 2. The van der Waals surface area contributed by atoms with Crippen molar-refractivity contribution >= 4 is 17.8 Å². The molecular formula is C23H27F4N5O4. The summed E-state index contributed by atoms with van der Waals surface area (Å²) in [6.07, 6.45) is -6.36. The van der Waals surface area contributed by atoms with Crippen molar-refractivity contribution in [2.75, 3.05) is 37.6 Å². The third-order valence-corrected chi connectivity index (χ3v) is 5.67. The first-order valence-corrected chi connectivity index (χ1v) is 11.1. The van der Waals surface area contributed by atoms with E-state index >= 15 is 0 Å². The van der Waals surface area contributed by atoms with Gasteiger partial charge < -0.3 is 25.0 Å². The molecule has 2 N–H and O–H groups in total. The quantitative estimate of drug-likeness (QED) is 0.592. The summed E-state index contributed by atoms with van der Waals surface area (Å²) in [7, 11) is 0. The number of hydrogen-bond acceptors (Lipinski definition) is 7. The van der Waals surface area contributed by atoms with Crippen LogP contribution >= 0.6 is 0 Å². The number of amides is 2.